The van der Waals surface area contributed by atoms with E-state index in [2.05, 4.69) is 13.8 Å². The van der Waals surface area contributed by atoms with Crippen molar-refractivity contribution in [3.63, 3.8) is 0 Å². The molecule has 0 saturated carbocycles. The zero-order chi connectivity index (χ0) is 19.6. The van der Waals surface area contributed by atoms with Crippen molar-refractivity contribution in [2.75, 3.05) is 6.61 Å². The minimum Gasteiger partial charge on any atom is -0.293 e. The second kappa shape index (κ2) is 16.8. The van der Waals surface area contributed by atoms with Crippen LogP contribution in [0.4, 0.5) is 0 Å². The van der Waals surface area contributed by atoms with Gasteiger partial charge in [0, 0.05) is 0 Å². The lowest BCUT2D eigenvalue weighted by Gasteiger charge is -2.05. The van der Waals surface area contributed by atoms with Crippen LogP contribution in [-0.2, 0) is 16.2 Å². The van der Waals surface area contributed by atoms with Gasteiger partial charge in [0.2, 0.25) is 0 Å². The molecule has 0 bridgehead atoms. The molecule has 0 aliphatic rings. The minimum absolute atomic E-state index is 0.406. The first-order chi connectivity index (χ1) is 13.3. The molecule has 0 saturated heterocycles. The van der Waals surface area contributed by atoms with Gasteiger partial charge in [-0.2, -0.15) is 4.89 Å². The van der Waals surface area contributed by atoms with Crippen LogP contribution in [0.25, 0.3) is 0 Å². The maximum atomic E-state index is 11.9. The van der Waals surface area contributed by atoms with E-state index in [1.165, 1.54) is 69.8 Å². The third kappa shape index (κ3) is 12.6. The van der Waals surface area contributed by atoms with Gasteiger partial charge in [0.1, 0.15) is 0 Å². The first-order valence-corrected chi connectivity index (χ1v) is 11.2. The molecule has 0 radical (unpaired) electrons. The number of carbonyl (C=O) groups is 1. The summed E-state index contributed by atoms with van der Waals surface area (Å²) in [5.41, 5.74) is 1.79. The Hall–Kier alpha value is -1.35. The summed E-state index contributed by atoms with van der Waals surface area (Å²) in [5, 5.41) is 0. The molecule has 0 spiro atoms. The van der Waals surface area contributed by atoms with Crippen LogP contribution in [0.3, 0.4) is 0 Å². The Kier molecular flexibility index (Phi) is 14.7. The van der Waals surface area contributed by atoms with Gasteiger partial charge >= 0.3 is 5.97 Å². The molecule has 0 atom stereocenters. The van der Waals surface area contributed by atoms with E-state index in [1.807, 2.05) is 12.1 Å². The van der Waals surface area contributed by atoms with Crippen molar-refractivity contribution in [3.8, 4) is 0 Å². The Morgan fingerprint density at radius 2 is 1.22 bits per heavy atom. The van der Waals surface area contributed by atoms with Crippen LogP contribution < -0.4 is 0 Å². The van der Waals surface area contributed by atoms with Crippen LogP contribution in [0.15, 0.2) is 24.3 Å². The molecule has 0 N–H and O–H groups in total. The largest absolute Gasteiger partial charge is 0.373 e. The summed E-state index contributed by atoms with van der Waals surface area (Å²) in [4.78, 5) is 21.8. The molecule has 0 aliphatic heterocycles. The predicted octanol–water partition coefficient (Wildman–Crippen LogP) is 7.43. The summed E-state index contributed by atoms with van der Waals surface area (Å²) in [6.07, 6.45) is 17.8. The molecule has 1 aromatic rings. The highest BCUT2D eigenvalue weighted by Crippen LogP contribution is 2.12. The number of rotatable bonds is 17. The molecule has 0 unspecified atom stereocenters. The van der Waals surface area contributed by atoms with Gasteiger partial charge in [0.25, 0.3) is 0 Å². The monoisotopic (exact) mass is 376 g/mol. The van der Waals surface area contributed by atoms with Crippen molar-refractivity contribution in [1.82, 2.24) is 0 Å². The molecular weight excluding hydrogens is 336 g/mol. The van der Waals surface area contributed by atoms with Crippen LogP contribution in [0.1, 0.15) is 113 Å². The molecule has 1 aromatic carbocycles. The Morgan fingerprint density at radius 1 is 0.704 bits per heavy atom. The van der Waals surface area contributed by atoms with Gasteiger partial charge in [0.05, 0.1) is 12.2 Å². The van der Waals surface area contributed by atoms with Crippen LogP contribution in [0, 0.1) is 0 Å². The van der Waals surface area contributed by atoms with E-state index in [4.69, 9.17) is 9.78 Å². The molecule has 3 heteroatoms. The summed E-state index contributed by atoms with van der Waals surface area (Å²) in [7, 11) is 0. The highest BCUT2D eigenvalue weighted by molar-refractivity contribution is 5.88. The number of benzene rings is 1. The van der Waals surface area contributed by atoms with Crippen LogP contribution >= 0.6 is 0 Å². The van der Waals surface area contributed by atoms with E-state index in [-0.39, 0.29) is 0 Å². The van der Waals surface area contributed by atoms with Crippen LogP contribution in [-0.4, -0.2) is 12.6 Å². The molecule has 0 heterocycles. The highest BCUT2D eigenvalue weighted by Gasteiger charge is 2.08. The second-order valence-corrected chi connectivity index (χ2v) is 7.53. The quantitative estimate of drug-likeness (QED) is 0.161. The van der Waals surface area contributed by atoms with Crippen molar-refractivity contribution in [2.24, 2.45) is 0 Å². The summed E-state index contributed by atoms with van der Waals surface area (Å²) < 4.78 is 0. The average molecular weight is 377 g/mol. The van der Waals surface area contributed by atoms with Gasteiger partial charge in [0.15, 0.2) is 0 Å². The van der Waals surface area contributed by atoms with Gasteiger partial charge in [-0.05, 0) is 30.5 Å². The van der Waals surface area contributed by atoms with Gasteiger partial charge in [-0.25, -0.2) is 4.79 Å². The molecule has 154 valence electrons. The fourth-order valence-corrected chi connectivity index (χ4v) is 3.24. The summed E-state index contributed by atoms with van der Waals surface area (Å²) in [6.45, 7) is 4.89. The lowest BCUT2D eigenvalue weighted by Crippen LogP contribution is -2.07. The smallest absolute Gasteiger partial charge is 0.293 e. The zero-order valence-electron chi connectivity index (χ0n) is 17.6. The van der Waals surface area contributed by atoms with Crippen molar-refractivity contribution in [3.05, 3.63) is 35.4 Å². The molecule has 3 nitrogen and oxygen atoms in total. The van der Waals surface area contributed by atoms with Crippen LogP contribution in [0.5, 0.6) is 0 Å². The lowest BCUT2D eigenvalue weighted by molar-refractivity contribution is -0.241. The Morgan fingerprint density at radius 3 is 1.74 bits per heavy atom. The number of aryl methyl sites for hydroxylation is 1. The van der Waals surface area contributed by atoms with E-state index in [0.29, 0.717) is 12.2 Å². The molecular formula is C24H40O3. The maximum Gasteiger partial charge on any atom is 0.373 e. The van der Waals surface area contributed by atoms with Gasteiger partial charge in [-0.3, -0.25) is 4.89 Å². The van der Waals surface area contributed by atoms with Gasteiger partial charge in [-0.1, -0.05) is 103 Å². The molecule has 27 heavy (non-hydrogen) atoms. The highest BCUT2D eigenvalue weighted by atomic mass is 17.2. The van der Waals surface area contributed by atoms with E-state index in [1.54, 1.807) is 12.1 Å². The Labute approximate surface area is 166 Å². The lowest BCUT2D eigenvalue weighted by atomic mass is 10.1. The Balaban J connectivity index is 1.90. The second-order valence-electron chi connectivity index (χ2n) is 7.53. The third-order valence-electron chi connectivity index (χ3n) is 4.94. The van der Waals surface area contributed by atoms with Crippen molar-refractivity contribution in [1.29, 1.82) is 0 Å². The third-order valence-corrected chi connectivity index (χ3v) is 4.94. The Bertz CT molecular complexity index is 467. The number of hydrogen-bond acceptors (Lipinski definition) is 3. The van der Waals surface area contributed by atoms with E-state index in [9.17, 15) is 4.79 Å². The van der Waals surface area contributed by atoms with Gasteiger partial charge < -0.3 is 0 Å². The molecule has 0 fully saturated rings. The van der Waals surface area contributed by atoms with Gasteiger partial charge in [-0.15, -0.1) is 0 Å². The molecule has 0 amide bonds. The van der Waals surface area contributed by atoms with Crippen molar-refractivity contribution < 1.29 is 14.6 Å². The van der Waals surface area contributed by atoms with E-state index >= 15 is 0 Å². The number of unbranched alkanes of at least 4 members (excludes halogenated alkanes) is 11. The topological polar surface area (TPSA) is 35.5 Å². The molecule has 0 aromatic heterocycles. The zero-order valence-corrected chi connectivity index (χ0v) is 17.6. The average Bonchev–Trinajstić information content (AvgIpc) is 2.69. The normalized spacial score (nSPS) is 10.9. The van der Waals surface area contributed by atoms with Crippen molar-refractivity contribution >= 4 is 5.97 Å². The molecule has 0 aliphatic carbocycles. The van der Waals surface area contributed by atoms with Crippen LogP contribution in [0.2, 0.25) is 0 Å². The molecule has 1 rings (SSSR count). The standard InChI is InChI=1S/C24H40O3/c1-3-5-6-7-8-9-10-11-12-13-14-15-21-26-27-24(25)23-19-17-22(16-4-2)18-20-23/h17-20H,3-16,21H2,1-2H3. The summed E-state index contributed by atoms with van der Waals surface area (Å²) in [6, 6.07) is 7.57. The SMILES string of the molecule is CCCCCCCCCCCCCCOOC(=O)c1ccc(CCC)cc1. The maximum absolute atomic E-state index is 11.9. The summed E-state index contributed by atoms with van der Waals surface area (Å²) >= 11 is 0. The number of carbonyl (C=O) groups excluding carboxylic acids is 1. The number of hydrogen-bond donors (Lipinski definition) is 0. The fraction of sp³-hybridized carbons (Fsp3) is 0.708. The summed E-state index contributed by atoms with van der Waals surface area (Å²) in [5.74, 6) is -0.406. The fourth-order valence-electron chi connectivity index (χ4n) is 3.24. The minimum atomic E-state index is -0.406. The van der Waals surface area contributed by atoms with Crippen molar-refractivity contribution in [2.45, 2.75) is 104 Å². The van der Waals surface area contributed by atoms with E-state index < -0.39 is 5.97 Å². The predicted molar refractivity (Wildman–Crippen MR) is 113 cm³/mol. The first kappa shape index (κ1) is 23.7. The first-order valence-electron chi connectivity index (χ1n) is 11.2. The van der Waals surface area contributed by atoms with E-state index in [0.717, 1.165) is 25.7 Å².